The number of pyridine rings is 1. The highest BCUT2D eigenvalue weighted by Crippen LogP contribution is 2.16. The van der Waals surface area contributed by atoms with E-state index in [1.54, 1.807) is 0 Å². The number of hydrogen-bond donors (Lipinski definition) is 1. The van der Waals surface area contributed by atoms with Crippen molar-refractivity contribution in [2.45, 2.75) is 19.9 Å². The summed E-state index contributed by atoms with van der Waals surface area (Å²) < 4.78 is 7.37. The molecule has 6 heteroatoms. The molecule has 1 aliphatic rings. The fraction of sp³-hybridized carbons (Fsp3) is 0.571. The zero-order chi connectivity index (χ0) is 13.9. The summed E-state index contributed by atoms with van der Waals surface area (Å²) >= 11 is 0. The molecule has 0 atom stereocenters. The smallest absolute Gasteiger partial charge is 0.202 e. The van der Waals surface area contributed by atoms with Crippen molar-refractivity contribution >= 4 is 17.1 Å². The molecule has 2 aromatic rings. The molecule has 0 aromatic carbocycles. The minimum absolute atomic E-state index is 0.556. The minimum Gasteiger partial charge on any atom is -0.379 e. The van der Waals surface area contributed by atoms with Crippen molar-refractivity contribution in [1.82, 2.24) is 19.4 Å². The van der Waals surface area contributed by atoms with Gasteiger partial charge in [-0.2, -0.15) is 0 Å². The van der Waals surface area contributed by atoms with E-state index in [1.807, 2.05) is 23.6 Å². The normalized spacial score (nSPS) is 16.9. The molecule has 0 bridgehead atoms. The molecule has 2 aromatic heterocycles. The first-order valence-corrected chi connectivity index (χ1v) is 7.13. The van der Waals surface area contributed by atoms with Gasteiger partial charge in [0.05, 0.1) is 13.2 Å². The number of hydrogen-bond acceptors (Lipinski definition) is 5. The lowest BCUT2D eigenvalue weighted by Gasteiger charge is -2.26. The summed E-state index contributed by atoms with van der Waals surface area (Å²) in [4.78, 5) is 11.3. The predicted octanol–water partition coefficient (Wildman–Crippen LogP) is 1.04. The van der Waals surface area contributed by atoms with Crippen molar-refractivity contribution in [2.75, 3.05) is 38.6 Å². The molecule has 20 heavy (non-hydrogen) atoms. The Morgan fingerprint density at radius 3 is 2.80 bits per heavy atom. The second-order valence-corrected chi connectivity index (χ2v) is 5.22. The van der Waals surface area contributed by atoms with Crippen molar-refractivity contribution < 1.29 is 4.74 Å². The number of imidazole rings is 1. The quantitative estimate of drug-likeness (QED) is 0.903. The Kier molecular flexibility index (Phi) is 3.84. The van der Waals surface area contributed by atoms with Crippen LogP contribution < -0.4 is 5.73 Å². The first-order chi connectivity index (χ1) is 9.74. The lowest BCUT2D eigenvalue weighted by Crippen LogP contribution is -2.37. The van der Waals surface area contributed by atoms with Crippen LogP contribution in [0, 0.1) is 6.92 Å². The van der Waals surface area contributed by atoms with Crippen molar-refractivity contribution in [3.63, 3.8) is 0 Å². The fourth-order valence-electron chi connectivity index (χ4n) is 2.61. The summed E-state index contributed by atoms with van der Waals surface area (Å²) in [5, 5.41) is 0. The Balaban J connectivity index is 1.67. The van der Waals surface area contributed by atoms with E-state index in [0.717, 1.165) is 62.7 Å². The van der Waals surface area contributed by atoms with Gasteiger partial charge in [-0.15, -0.1) is 0 Å². The number of nitrogen functional groups attached to an aromatic ring is 1. The van der Waals surface area contributed by atoms with E-state index in [-0.39, 0.29) is 0 Å². The largest absolute Gasteiger partial charge is 0.379 e. The highest BCUT2D eigenvalue weighted by Gasteiger charge is 2.12. The van der Waals surface area contributed by atoms with Gasteiger partial charge in [-0.1, -0.05) is 0 Å². The van der Waals surface area contributed by atoms with Gasteiger partial charge < -0.3 is 10.5 Å². The lowest BCUT2D eigenvalue weighted by atomic mass is 10.3. The Hall–Kier alpha value is -1.66. The number of aromatic nitrogens is 3. The average molecular weight is 275 g/mol. The third-order valence-corrected chi connectivity index (χ3v) is 3.72. The predicted molar refractivity (Wildman–Crippen MR) is 78.6 cm³/mol. The van der Waals surface area contributed by atoms with Crippen molar-refractivity contribution in [3.8, 4) is 0 Å². The number of morpholine rings is 1. The summed E-state index contributed by atoms with van der Waals surface area (Å²) in [6, 6.07) is 3.94. The molecular formula is C14H21N5O. The molecule has 1 aliphatic heterocycles. The van der Waals surface area contributed by atoms with Crippen LogP contribution in [0.3, 0.4) is 0 Å². The molecule has 0 saturated carbocycles. The van der Waals surface area contributed by atoms with E-state index >= 15 is 0 Å². The molecule has 3 rings (SSSR count). The molecule has 0 unspecified atom stereocenters. The van der Waals surface area contributed by atoms with Crippen LogP contribution >= 0.6 is 0 Å². The number of rotatable bonds is 4. The van der Waals surface area contributed by atoms with Gasteiger partial charge in [0.25, 0.3) is 0 Å². The number of nitrogens with two attached hydrogens (primary N) is 1. The van der Waals surface area contributed by atoms with Crippen LogP contribution in [0.15, 0.2) is 12.1 Å². The molecule has 108 valence electrons. The minimum atomic E-state index is 0.556. The zero-order valence-electron chi connectivity index (χ0n) is 11.9. The zero-order valence-corrected chi connectivity index (χ0v) is 11.9. The number of aryl methyl sites for hydroxylation is 2. The average Bonchev–Trinajstić information content (AvgIpc) is 2.76. The highest BCUT2D eigenvalue weighted by molar-refractivity contribution is 5.74. The first-order valence-electron chi connectivity index (χ1n) is 7.13. The Morgan fingerprint density at radius 1 is 1.20 bits per heavy atom. The van der Waals surface area contributed by atoms with E-state index in [4.69, 9.17) is 10.5 Å². The maximum atomic E-state index is 6.00. The molecule has 1 fully saturated rings. The van der Waals surface area contributed by atoms with E-state index in [2.05, 4.69) is 14.9 Å². The monoisotopic (exact) mass is 275 g/mol. The van der Waals surface area contributed by atoms with Crippen LogP contribution in [0.2, 0.25) is 0 Å². The summed E-state index contributed by atoms with van der Waals surface area (Å²) in [5.41, 5.74) is 8.76. The van der Waals surface area contributed by atoms with Crippen LogP contribution in [-0.2, 0) is 11.3 Å². The van der Waals surface area contributed by atoms with Gasteiger partial charge >= 0.3 is 0 Å². The Morgan fingerprint density at radius 2 is 2.00 bits per heavy atom. The maximum Gasteiger partial charge on any atom is 0.202 e. The molecule has 3 heterocycles. The molecule has 0 radical (unpaired) electrons. The Bertz CT molecular complexity index is 589. The molecule has 6 nitrogen and oxygen atoms in total. The summed E-state index contributed by atoms with van der Waals surface area (Å²) in [5.74, 6) is 0.556. The van der Waals surface area contributed by atoms with Crippen molar-refractivity contribution in [1.29, 1.82) is 0 Å². The first kappa shape index (κ1) is 13.3. The van der Waals surface area contributed by atoms with Crippen LogP contribution in [0.4, 0.5) is 5.95 Å². The van der Waals surface area contributed by atoms with Gasteiger partial charge in [-0.05, 0) is 25.5 Å². The third kappa shape index (κ3) is 2.76. The summed E-state index contributed by atoms with van der Waals surface area (Å²) in [6.45, 7) is 7.65. The Labute approximate surface area is 118 Å². The number of ether oxygens (including phenoxy) is 1. The number of nitrogens with zero attached hydrogens (tertiary/aromatic N) is 4. The van der Waals surface area contributed by atoms with Gasteiger partial charge in [0.1, 0.15) is 5.52 Å². The van der Waals surface area contributed by atoms with E-state index in [9.17, 15) is 0 Å². The van der Waals surface area contributed by atoms with Crippen LogP contribution in [0.1, 0.15) is 12.1 Å². The molecular weight excluding hydrogens is 254 g/mol. The van der Waals surface area contributed by atoms with Crippen molar-refractivity contribution in [3.05, 3.63) is 17.8 Å². The van der Waals surface area contributed by atoms with Crippen LogP contribution in [-0.4, -0.2) is 52.3 Å². The fourth-order valence-corrected chi connectivity index (χ4v) is 2.61. The molecule has 1 saturated heterocycles. The molecule has 0 spiro atoms. The maximum absolute atomic E-state index is 6.00. The second-order valence-electron chi connectivity index (χ2n) is 5.22. The van der Waals surface area contributed by atoms with Gasteiger partial charge in [0, 0.05) is 31.9 Å². The molecule has 0 amide bonds. The third-order valence-electron chi connectivity index (χ3n) is 3.72. The second kappa shape index (κ2) is 5.76. The number of anilines is 1. The van der Waals surface area contributed by atoms with Crippen LogP contribution in [0.25, 0.3) is 11.2 Å². The van der Waals surface area contributed by atoms with Crippen LogP contribution in [0.5, 0.6) is 0 Å². The lowest BCUT2D eigenvalue weighted by molar-refractivity contribution is 0.0370. The molecule has 0 aliphatic carbocycles. The number of fused-ring (bicyclic) bond motifs is 1. The van der Waals surface area contributed by atoms with Gasteiger partial charge in [-0.3, -0.25) is 9.47 Å². The van der Waals surface area contributed by atoms with Gasteiger partial charge in [0.15, 0.2) is 5.65 Å². The highest BCUT2D eigenvalue weighted by atomic mass is 16.5. The van der Waals surface area contributed by atoms with E-state index in [0.29, 0.717) is 5.95 Å². The van der Waals surface area contributed by atoms with E-state index < -0.39 is 0 Å². The van der Waals surface area contributed by atoms with Crippen molar-refractivity contribution in [2.24, 2.45) is 0 Å². The topological polar surface area (TPSA) is 69.2 Å². The standard InChI is InChI=1S/C14H21N5O/c1-11-3-4-12-13(16-11)19(14(15)17-12)6-2-5-18-7-9-20-10-8-18/h3-4H,2,5-10H2,1H3,(H2,15,17). The molecule has 2 N–H and O–H groups in total. The van der Waals surface area contributed by atoms with Gasteiger partial charge in [-0.25, -0.2) is 9.97 Å². The van der Waals surface area contributed by atoms with Gasteiger partial charge in [0.2, 0.25) is 5.95 Å². The summed E-state index contributed by atoms with van der Waals surface area (Å²) in [6.07, 6.45) is 1.05. The summed E-state index contributed by atoms with van der Waals surface area (Å²) in [7, 11) is 0. The van der Waals surface area contributed by atoms with E-state index in [1.165, 1.54) is 0 Å². The SMILES string of the molecule is Cc1ccc2nc(N)n(CCCN3CCOCC3)c2n1.